The molecule has 0 bridgehead atoms. The van der Waals surface area contributed by atoms with Gasteiger partial charge < -0.3 is 14.9 Å². The van der Waals surface area contributed by atoms with Crippen LogP contribution in [0.15, 0.2) is 71.1 Å². The maximum atomic E-state index is 13.3. The number of methoxy groups -OCH3 is 1. The van der Waals surface area contributed by atoms with Gasteiger partial charge in [-0.2, -0.15) is 0 Å². The minimum absolute atomic E-state index is 0.119. The molecule has 1 N–H and O–H groups in total. The Labute approximate surface area is 187 Å². The summed E-state index contributed by atoms with van der Waals surface area (Å²) >= 11 is 0. The van der Waals surface area contributed by atoms with Gasteiger partial charge in [-0.05, 0) is 36.8 Å². The van der Waals surface area contributed by atoms with Crippen LogP contribution in [-0.2, 0) is 14.3 Å². The first-order valence-electron chi connectivity index (χ1n) is 9.86. The van der Waals surface area contributed by atoms with Crippen LogP contribution < -0.4 is 10.2 Å². The normalized spacial score (nSPS) is 15.9. The Balaban J connectivity index is 1.79. The molecule has 4 rings (SSSR count). The van der Waals surface area contributed by atoms with Crippen molar-refractivity contribution in [2.45, 2.75) is 19.8 Å². The van der Waals surface area contributed by atoms with Crippen molar-refractivity contribution in [1.82, 2.24) is 20.5 Å². The van der Waals surface area contributed by atoms with E-state index < -0.39 is 22.8 Å². The second kappa shape index (κ2) is 8.54. The maximum absolute atomic E-state index is 13.3. The minimum atomic E-state index is -0.887. The molecule has 0 saturated carbocycles. The summed E-state index contributed by atoms with van der Waals surface area (Å²) in [5.74, 6) is -2.30. The molecule has 0 saturated heterocycles. The monoisotopic (exact) mass is 449 g/mol. The number of hydrogen-bond donors (Lipinski definition) is 1. The van der Waals surface area contributed by atoms with Crippen molar-refractivity contribution in [2.75, 3.05) is 7.11 Å². The predicted octanol–water partition coefficient (Wildman–Crippen LogP) is 2.40. The number of dihydropyridines is 1. The first-order chi connectivity index (χ1) is 15.8. The number of para-hydroxylation sites is 1. The molecule has 11 nitrogen and oxygen atoms in total. The third-order valence-electron chi connectivity index (χ3n) is 5.31. The van der Waals surface area contributed by atoms with Crippen LogP contribution in [0.3, 0.4) is 0 Å². The third-order valence-corrected chi connectivity index (χ3v) is 5.31. The molecule has 1 atom stereocenters. The molecular formula is C22H19N5O6. The molecule has 0 unspecified atom stereocenters. The zero-order valence-corrected chi connectivity index (χ0v) is 17.9. The van der Waals surface area contributed by atoms with E-state index in [4.69, 9.17) is 9.57 Å². The van der Waals surface area contributed by atoms with Crippen LogP contribution in [0.5, 0.6) is 0 Å². The summed E-state index contributed by atoms with van der Waals surface area (Å²) in [6.45, 7) is 3.35. The lowest BCUT2D eigenvalue weighted by molar-refractivity contribution is -0.384. The summed E-state index contributed by atoms with van der Waals surface area (Å²) in [5.41, 5.74) is 2.66. The highest BCUT2D eigenvalue weighted by molar-refractivity contribution is 6.00. The van der Waals surface area contributed by atoms with Crippen LogP contribution >= 0.6 is 0 Å². The fraction of sp³-hybridized carbons (Fsp3) is 0.182. The van der Waals surface area contributed by atoms with Crippen LogP contribution in [0.4, 0.5) is 5.69 Å². The van der Waals surface area contributed by atoms with Crippen LogP contribution in [-0.4, -0.2) is 39.1 Å². The number of allylic oxidation sites excluding steroid dienone is 2. The van der Waals surface area contributed by atoms with Crippen molar-refractivity contribution in [3.63, 3.8) is 0 Å². The fourth-order valence-electron chi connectivity index (χ4n) is 3.81. The summed E-state index contributed by atoms with van der Waals surface area (Å²) in [6, 6.07) is 12.6. The average molecular weight is 449 g/mol. The van der Waals surface area contributed by atoms with Gasteiger partial charge in [0.05, 0.1) is 29.1 Å². The molecule has 1 aliphatic heterocycles. The second-order valence-corrected chi connectivity index (χ2v) is 7.31. The van der Waals surface area contributed by atoms with Gasteiger partial charge >= 0.3 is 11.9 Å². The highest BCUT2D eigenvalue weighted by Gasteiger charge is 2.38. The number of esters is 1. The summed E-state index contributed by atoms with van der Waals surface area (Å²) in [7, 11) is 1.24. The smallest absolute Gasteiger partial charge is 0.364 e. The number of carbonyl (C=O) groups is 2. The van der Waals surface area contributed by atoms with Gasteiger partial charge in [-0.1, -0.05) is 29.1 Å². The summed E-state index contributed by atoms with van der Waals surface area (Å²) in [4.78, 5) is 43.1. The van der Waals surface area contributed by atoms with Crippen molar-refractivity contribution < 1.29 is 24.1 Å². The van der Waals surface area contributed by atoms with Gasteiger partial charge in [0.25, 0.3) is 5.69 Å². The van der Waals surface area contributed by atoms with Crippen LogP contribution in [0.2, 0.25) is 0 Å². The van der Waals surface area contributed by atoms with E-state index in [9.17, 15) is 19.7 Å². The molecule has 3 aromatic rings. The van der Waals surface area contributed by atoms with Gasteiger partial charge in [0.2, 0.25) is 0 Å². The van der Waals surface area contributed by atoms with Gasteiger partial charge in [0.1, 0.15) is 11.0 Å². The molecule has 11 heteroatoms. The summed E-state index contributed by atoms with van der Waals surface area (Å²) in [5, 5.41) is 21.9. The van der Waals surface area contributed by atoms with Gasteiger partial charge in [0, 0.05) is 23.5 Å². The van der Waals surface area contributed by atoms with E-state index in [1.54, 1.807) is 38.1 Å². The number of rotatable bonds is 5. The number of aromatic nitrogens is 3. The molecule has 33 heavy (non-hydrogen) atoms. The highest BCUT2D eigenvalue weighted by atomic mass is 16.7. The number of nitro groups is 1. The molecule has 0 aliphatic carbocycles. The van der Waals surface area contributed by atoms with E-state index in [0.29, 0.717) is 28.0 Å². The highest BCUT2D eigenvalue weighted by Crippen LogP contribution is 2.39. The Bertz CT molecular complexity index is 1340. The molecule has 0 spiro atoms. The number of fused-ring (bicyclic) bond motifs is 1. The predicted molar refractivity (Wildman–Crippen MR) is 116 cm³/mol. The van der Waals surface area contributed by atoms with Crippen molar-refractivity contribution in [1.29, 1.82) is 0 Å². The Morgan fingerprint density at radius 2 is 1.67 bits per heavy atom. The number of hydrogen-bond acceptors (Lipinski definition) is 9. The molecule has 1 aliphatic rings. The lowest BCUT2D eigenvalue weighted by Crippen LogP contribution is -2.35. The SMILES string of the molecule is COC(=O)C1=C(C)NC(C)=C(C(=O)On2nnc3ccccc32)[C@H]1c1ccc([N+](=O)[O-])cc1. The number of nitro benzene ring substituents is 1. The molecule has 2 aromatic carbocycles. The molecule has 2 heterocycles. The zero-order valence-electron chi connectivity index (χ0n) is 17.9. The van der Waals surface area contributed by atoms with Crippen molar-refractivity contribution in [2.24, 2.45) is 0 Å². The van der Waals surface area contributed by atoms with Crippen LogP contribution in [0, 0.1) is 10.1 Å². The molecule has 0 radical (unpaired) electrons. The largest absolute Gasteiger partial charge is 0.466 e. The summed E-state index contributed by atoms with van der Waals surface area (Å²) < 4.78 is 4.95. The lowest BCUT2D eigenvalue weighted by Gasteiger charge is -2.30. The Morgan fingerprint density at radius 3 is 2.30 bits per heavy atom. The summed E-state index contributed by atoms with van der Waals surface area (Å²) in [6.07, 6.45) is 0. The Morgan fingerprint density at radius 1 is 1.03 bits per heavy atom. The standard InChI is InChI=1S/C22H19N5O6/c1-12-18(21(28)32-3)20(14-8-10-15(11-9-14)27(30)31)19(13(2)23-12)22(29)33-26-17-7-5-4-6-16(17)24-25-26/h4-11,20,23H,1-3H3/t20-/m0/s1. The molecule has 168 valence electrons. The molecule has 0 amide bonds. The maximum Gasteiger partial charge on any atom is 0.364 e. The quantitative estimate of drug-likeness (QED) is 0.269. The van der Waals surface area contributed by atoms with Crippen LogP contribution in [0.1, 0.15) is 25.3 Å². The van der Waals surface area contributed by atoms with E-state index in [-0.39, 0.29) is 16.8 Å². The van der Waals surface area contributed by atoms with Crippen molar-refractivity contribution >= 4 is 28.7 Å². The number of non-ortho nitro benzene ring substituents is 1. The number of ether oxygens (including phenoxy) is 1. The van der Waals surface area contributed by atoms with E-state index >= 15 is 0 Å². The number of nitrogens with one attached hydrogen (secondary N) is 1. The van der Waals surface area contributed by atoms with Gasteiger partial charge in [-0.3, -0.25) is 10.1 Å². The lowest BCUT2D eigenvalue weighted by atomic mass is 9.80. The zero-order chi connectivity index (χ0) is 23.7. The van der Waals surface area contributed by atoms with E-state index in [1.165, 1.54) is 31.4 Å². The minimum Gasteiger partial charge on any atom is -0.466 e. The van der Waals surface area contributed by atoms with Gasteiger partial charge in [0.15, 0.2) is 0 Å². The number of nitrogens with zero attached hydrogens (tertiary/aromatic N) is 4. The first-order valence-corrected chi connectivity index (χ1v) is 9.86. The number of benzene rings is 2. The second-order valence-electron chi connectivity index (χ2n) is 7.31. The van der Waals surface area contributed by atoms with E-state index in [1.807, 2.05) is 0 Å². The third kappa shape index (κ3) is 3.91. The topological polar surface area (TPSA) is 138 Å². The van der Waals surface area contributed by atoms with Crippen molar-refractivity contribution in [3.8, 4) is 0 Å². The average Bonchev–Trinajstić information content (AvgIpc) is 3.20. The molecule has 1 aromatic heterocycles. The van der Waals surface area contributed by atoms with Crippen molar-refractivity contribution in [3.05, 3.63) is 86.7 Å². The fourth-order valence-corrected chi connectivity index (χ4v) is 3.81. The Kier molecular flexibility index (Phi) is 5.61. The number of carbonyl (C=O) groups excluding carboxylic acids is 2. The van der Waals surface area contributed by atoms with Gasteiger partial charge in [-0.15, -0.1) is 5.10 Å². The first kappa shape index (κ1) is 21.7. The Hall–Kier alpha value is -4.54. The van der Waals surface area contributed by atoms with E-state index in [2.05, 4.69) is 15.6 Å². The van der Waals surface area contributed by atoms with E-state index in [0.717, 1.165) is 4.85 Å². The molecule has 0 fully saturated rings. The molecular weight excluding hydrogens is 430 g/mol. The van der Waals surface area contributed by atoms with Crippen LogP contribution in [0.25, 0.3) is 11.0 Å². The van der Waals surface area contributed by atoms with Gasteiger partial charge in [-0.25, -0.2) is 9.59 Å².